The molecule has 0 aromatic heterocycles. The molecule has 8 nitrogen and oxygen atoms in total. The van der Waals surface area contributed by atoms with E-state index in [1.807, 2.05) is 70.2 Å². The monoisotopic (exact) mass is 724 g/mol. The second kappa shape index (κ2) is 17.3. The van der Waals surface area contributed by atoms with Crippen LogP contribution in [0.1, 0.15) is 131 Å². The van der Waals surface area contributed by atoms with Crippen LogP contribution in [0.4, 0.5) is 0 Å². The molecule has 13 atom stereocenters. The van der Waals surface area contributed by atoms with Crippen molar-refractivity contribution in [3.63, 3.8) is 0 Å². The van der Waals surface area contributed by atoms with E-state index in [4.69, 9.17) is 23.7 Å². The Morgan fingerprint density at radius 3 is 2.42 bits per heavy atom. The van der Waals surface area contributed by atoms with Gasteiger partial charge < -0.3 is 39.0 Å². The first kappa shape index (κ1) is 41.3. The fourth-order valence-electron chi connectivity index (χ4n) is 8.89. The molecule has 13 unspecified atom stereocenters. The summed E-state index contributed by atoms with van der Waals surface area (Å²) in [7, 11) is 0. The number of aliphatic hydroxyl groups excluding tert-OH is 2. The molecule has 5 rings (SSSR count). The standard InChI is InChI=1S/C44H68O8/c1-10-12-21-38-43(8,47)23-22-36(34(11-2)48-38)49-39-26-37-41(52-42(39,6)7)33(46)27-44(9)40(50-37)25-30(5)35(51-44)20-16-17-28(3)29(4)24-32(45)31-18-14-13-15-19-31/h10,13-15,17-19,24,30,32-41,45-47H,1,11-12,16,20-23,25-27H2,2-9H3/b28-17+,29-24+. The lowest BCUT2D eigenvalue weighted by Crippen LogP contribution is -2.59. The summed E-state index contributed by atoms with van der Waals surface area (Å²) in [6.07, 6.45) is 9.92. The van der Waals surface area contributed by atoms with Gasteiger partial charge in [0.05, 0.1) is 71.7 Å². The maximum atomic E-state index is 11.7. The molecule has 4 saturated heterocycles. The highest BCUT2D eigenvalue weighted by Crippen LogP contribution is 2.47. The largest absolute Gasteiger partial charge is 0.390 e. The normalized spacial score (nSPS) is 40.5. The van der Waals surface area contributed by atoms with Gasteiger partial charge in [-0.3, -0.25) is 0 Å². The fraction of sp³-hybridized carbons (Fsp3) is 0.727. The summed E-state index contributed by atoms with van der Waals surface area (Å²) in [5.41, 5.74) is 0.835. The molecule has 0 amide bonds. The number of fused-ring (bicyclic) bond motifs is 2. The molecule has 1 aromatic rings. The number of ether oxygens (including phenoxy) is 5. The fourth-order valence-corrected chi connectivity index (χ4v) is 8.89. The molecule has 0 aliphatic carbocycles. The molecule has 1 aromatic carbocycles. The van der Waals surface area contributed by atoms with E-state index in [2.05, 4.69) is 40.3 Å². The zero-order valence-corrected chi connectivity index (χ0v) is 33.1. The van der Waals surface area contributed by atoms with Crippen molar-refractivity contribution in [2.45, 2.75) is 197 Å². The Labute approximate surface area is 313 Å². The molecule has 0 bridgehead atoms. The first-order chi connectivity index (χ1) is 24.6. The molecule has 4 aliphatic heterocycles. The first-order valence-corrected chi connectivity index (χ1v) is 20.0. The van der Waals surface area contributed by atoms with Gasteiger partial charge in [0.2, 0.25) is 0 Å². The highest BCUT2D eigenvalue weighted by molar-refractivity contribution is 5.31. The van der Waals surface area contributed by atoms with Gasteiger partial charge >= 0.3 is 0 Å². The van der Waals surface area contributed by atoms with Crippen LogP contribution in [0.3, 0.4) is 0 Å². The smallest absolute Gasteiger partial charge is 0.111 e. The van der Waals surface area contributed by atoms with Crippen molar-refractivity contribution >= 4 is 0 Å². The Morgan fingerprint density at radius 1 is 1.00 bits per heavy atom. The van der Waals surface area contributed by atoms with Crippen LogP contribution in [-0.2, 0) is 23.7 Å². The lowest BCUT2D eigenvalue weighted by molar-refractivity contribution is -0.276. The lowest BCUT2D eigenvalue weighted by atomic mass is 9.79. The summed E-state index contributed by atoms with van der Waals surface area (Å²) in [5.74, 6) is 0.278. The van der Waals surface area contributed by atoms with Crippen molar-refractivity contribution in [2.24, 2.45) is 5.92 Å². The number of benzene rings is 1. The topological polar surface area (TPSA) is 107 Å². The van der Waals surface area contributed by atoms with E-state index in [1.54, 1.807) is 0 Å². The van der Waals surface area contributed by atoms with Crippen LogP contribution in [0.5, 0.6) is 0 Å². The second-order valence-corrected chi connectivity index (χ2v) is 17.2. The predicted molar refractivity (Wildman–Crippen MR) is 205 cm³/mol. The molecular weight excluding hydrogens is 656 g/mol. The van der Waals surface area contributed by atoms with Crippen LogP contribution in [0, 0.1) is 5.92 Å². The molecule has 0 saturated carbocycles. The Morgan fingerprint density at radius 2 is 1.73 bits per heavy atom. The van der Waals surface area contributed by atoms with E-state index < -0.39 is 35.1 Å². The maximum absolute atomic E-state index is 11.7. The molecule has 8 heteroatoms. The summed E-state index contributed by atoms with van der Waals surface area (Å²) in [6, 6.07) is 9.71. The number of rotatable bonds is 12. The van der Waals surface area contributed by atoms with Crippen molar-refractivity contribution < 1.29 is 39.0 Å². The van der Waals surface area contributed by atoms with Crippen LogP contribution >= 0.6 is 0 Å². The molecule has 4 heterocycles. The Hall–Kier alpha value is -1.88. The van der Waals surface area contributed by atoms with Gasteiger partial charge in [-0.1, -0.05) is 61.9 Å². The van der Waals surface area contributed by atoms with Gasteiger partial charge in [0.15, 0.2) is 0 Å². The summed E-state index contributed by atoms with van der Waals surface area (Å²) in [6.45, 7) is 20.4. The average Bonchev–Trinajstić information content (AvgIpc) is 3.28. The Bertz CT molecular complexity index is 1370. The number of allylic oxidation sites excluding steroid dienone is 4. The maximum Gasteiger partial charge on any atom is 0.111 e. The molecular formula is C44H68O8. The summed E-state index contributed by atoms with van der Waals surface area (Å²) in [4.78, 5) is 0. The Kier molecular flexibility index (Phi) is 13.7. The van der Waals surface area contributed by atoms with Gasteiger partial charge in [-0.2, -0.15) is 0 Å². The third-order valence-electron chi connectivity index (χ3n) is 12.5. The zero-order chi connectivity index (χ0) is 37.8. The highest BCUT2D eigenvalue weighted by atomic mass is 16.6. The van der Waals surface area contributed by atoms with Crippen molar-refractivity contribution in [1.29, 1.82) is 0 Å². The molecule has 4 aliphatic rings. The second-order valence-electron chi connectivity index (χ2n) is 17.2. The van der Waals surface area contributed by atoms with E-state index in [-0.39, 0.29) is 48.6 Å². The van der Waals surface area contributed by atoms with Crippen LogP contribution in [0.2, 0.25) is 0 Å². The van der Waals surface area contributed by atoms with Crippen molar-refractivity contribution in [3.05, 3.63) is 71.8 Å². The number of hydrogen-bond acceptors (Lipinski definition) is 8. The average molecular weight is 725 g/mol. The predicted octanol–water partition coefficient (Wildman–Crippen LogP) is 8.09. The van der Waals surface area contributed by atoms with E-state index in [0.717, 1.165) is 55.2 Å². The molecule has 52 heavy (non-hydrogen) atoms. The lowest BCUT2D eigenvalue weighted by Gasteiger charge is -2.49. The Balaban J connectivity index is 1.23. The third kappa shape index (κ3) is 9.67. The quantitative estimate of drug-likeness (QED) is 0.147. The van der Waals surface area contributed by atoms with E-state index in [1.165, 1.54) is 0 Å². The molecule has 292 valence electrons. The molecule has 0 radical (unpaired) electrons. The summed E-state index contributed by atoms with van der Waals surface area (Å²) >= 11 is 0. The van der Waals surface area contributed by atoms with Crippen LogP contribution < -0.4 is 0 Å². The van der Waals surface area contributed by atoms with Gasteiger partial charge in [-0.15, -0.1) is 6.58 Å². The van der Waals surface area contributed by atoms with Crippen molar-refractivity contribution in [1.82, 2.24) is 0 Å². The van der Waals surface area contributed by atoms with Gasteiger partial charge in [-0.25, -0.2) is 0 Å². The number of hydrogen-bond donors (Lipinski definition) is 3. The van der Waals surface area contributed by atoms with Gasteiger partial charge in [0.1, 0.15) is 6.10 Å². The van der Waals surface area contributed by atoms with Gasteiger partial charge in [0, 0.05) is 12.8 Å². The highest BCUT2D eigenvalue weighted by Gasteiger charge is 2.56. The minimum absolute atomic E-state index is 0.0302. The van der Waals surface area contributed by atoms with Crippen LogP contribution in [-0.4, -0.2) is 87.1 Å². The minimum Gasteiger partial charge on any atom is -0.390 e. The molecule has 0 spiro atoms. The zero-order valence-electron chi connectivity index (χ0n) is 33.1. The first-order valence-electron chi connectivity index (χ1n) is 20.0. The summed E-state index contributed by atoms with van der Waals surface area (Å²) < 4.78 is 34.1. The SMILES string of the molecule is C=CCCC1OC(CC)C(OC2CC3OC4CC(C)C(CC/C=C(C)/C(C)=C/C(O)c5ccccc5)OC4(C)CC(O)C3OC2(C)C)CCC1(C)O. The number of aliphatic hydroxyl groups is 3. The van der Waals surface area contributed by atoms with Crippen molar-refractivity contribution in [3.8, 4) is 0 Å². The van der Waals surface area contributed by atoms with Crippen LogP contribution in [0.25, 0.3) is 0 Å². The molecule has 4 fully saturated rings. The minimum atomic E-state index is -0.941. The van der Waals surface area contributed by atoms with Crippen LogP contribution in [0.15, 0.2) is 66.3 Å². The third-order valence-corrected chi connectivity index (χ3v) is 12.5. The van der Waals surface area contributed by atoms with E-state index in [0.29, 0.717) is 25.7 Å². The van der Waals surface area contributed by atoms with Crippen molar-refractivity contribution in [2.75, 3.05) is 0 Å². The van der Waals surface area contributed by atoms with E-state index in [9.17, 15) is 15.3 Å². The summed E-state index contributed by atoms with van der Waals surface area (Å²) in [5, 5.41) is 33.7. The van der Waals surface area contributed by atoms with Gasteiger partial charge in [0.25, 0.3) is 0 Å². The van der Waals surface area contributed by atoms with Gasteiger partial charge in [-0.05, 0) is 116 Å². The van der Waals surface area contributed by atoms with E-state index >= 15 is 0 Å². The molecule has 3 N–H and O–H groups in total.